The average molecular weight is 371 g/mol. The first-order chi connectivity index (χ1) is 12.8. The van der Waals surface area contributed by atoms with Gasteiger partial charge in [-0.3, -0.25) is 9.58 Å². The molecule has 1 aromatic carbocycles. The van der Waals surface area contributed by atoms with E-state index in [2.05, 4.69) is 62.4 Å². The van der Waals surface area contributed by atoms with Crippen LogP contribution in [0.15, 0.2) is 18.2 Å². The van der Waals surface area contributed by atoms with Crippen molar-refractivity contribution in [3.8, 4) is 0 Å². The van der Waals surface area contributed by atoms with Gasteiger partial charge in [-0.1, -0.05) is 12.1 Å². The van der Waals surface area contributed by atoms with Crippen molar-refractivity contribution in [1.82, 2.24) is 14.7 Å². The maximum absolute atomic E-state index is 6.23. The highest BCUT2D eigenvalue weighted by atomic mass is 16.7. The van der Waals surface area contributed by atoms with E-state index in [-0.39, 0.29) is 18.3 Å². The summed E-state index contributed by atoms with van der Waals surface area (Å²) in [4.78, 5) is 2.43. The zero-order valence-electron chi connectivity index (χ0n) is 17.1. The molecule has 7 heteroatoms. The first kappa shape index (κ1) is 18.9. The number of aromatic nitrogens is 2. The van der Waals surface area contributed by atoms with Crippen LogP contribution in [0.25, 0.3) is 10.9 Å². The Morgan fingerprint density at radius 1 is 1.04 bits per heavy atom. The van der Waals surface area contributed by atoms with Crippen LogP contribution >= 0.6 is 0 Å². The first-order valence-corrected chi connectivity index (χ1v) is 9.90. The second-order valence-electron chi connectivity index (χ2n) is 8.63. The van der Waals surface area contributed by atoms with Crippen LogP contribution in [0, 0.1) is 6.92 Å². The van der Waals surface area contributed by atoms with Gasteiger partial charge in [-0.15, -0.1) is 0 Å². The molecule has 146 valence electrons. The van der Waals surface area contributed by atoms with Crippen molar-refractivity contribution < 1.29 is 14.0 Å². The average Bonchev–Trinajstić information content (AvgIpc) is 3.06. The van der Waals surface area contributed by atoms with E-state index >= 15 is 0 Å². The lowest BCUT2D eigenvalue weighted by atomic mass is 9.79. The van der Waals surface area contributed by atoms with Crippen molar-refractivity contribution in [3.05, 3.63) is 23.9 Å². The van der Waals surface area contributed by atoms with E-state index in [4.69, 9.17) is 19.1 Å². The molecule has 0 bridgehead atoms. The molecule has 6 nitrogen and oxygen atoms in total. The molecular weight excluding hydrogens is 341 g/mol. The van der Waals surface area contributed by atoms with Crippen LogP contribution < -0.4 is 5.46 Å². The molecule has 0 aliphatic carbocycles. The van der Waals surface area contributed by atoms with Gasteiger partial charge in [0.2, 0.25) is 0 Å². The fourth-order valence-electron chi connectivity index (χ4n) is 3.71. The van der Waals surface area contributed by atoms with Gasteiger partial charge in [-0.2, -0.15) is 5.10 Å². The van der Waals surface area contributed by atoms with Crippen LogP contribution in [0.5, 0.6) is 0 Å². The molecule has 2 aliphatic rings. The summed E-state index contributed by atoms with van der Waals surface area (Å²) >= 11 is 0. The molecule has 0 radical (unpaired) electrons. The third-order valence-electron chi connectivity index (χ3n) is 6.22. The normalized spacial score (nSPS) is 22.6. The summed E-state index contributed by atoms with van der Waals surface area (Å²) in [5, 5.41) is 5.97. The van der Waals surface area contributed by atoms with E-state index in [0.29, 0.717) is 0 Å². The number of hydrogen-bond acceptors (Lipinski definition) is 5. The second-order valence-corrected chi connectivity index (χ2v) is 8.63. The predicted octanol–water partition coefficient (Wildman–Crippen LogP) is 1.98. The van der Waals surface area contributed by atoms with Gasteiger partial charge in [0, 0.05) is 25.0 Å². The number of aryl methyl sites for hydroxylation is 1. The minimum atomic E-state index is -0.345. The molecule has 0 unspecified atom stereocenters. The third kappa shape index (κ3) is 3.54. The van der Waals surface area contributed by atoms with Crippen LogP contribution in [0.2, 0.25) is 0 Å². The third-order valence-corrected chi connectivity index (χ3v) is 6.22. The summed E-state index contributed by atoms with van der Waals surface area (Å²) in [6, 6.07) is 6.42. The lowest BCUT2D eigenvalue weighted by Gasteiger charge is -2.32. The first-order valence-electron chi connectivity index (χ1n) is 9.90. The predicted molar refractivity (Wildman–Crippen MR) is 107 cm³/mol. The summed E-state index contributed by atoms with van der Waals surface area (Å²) in [6.45, 7) is 15.9. The van der Waals surface area contributed by atoms with Gasteiger partial charge in [0.1, 0.15) is 0 Å². The lowest BCUT2D eigenvalue weighted by molar-refractivity contribution is 0.00578. The van der Waals surface area contributed by atoms with E-state index < -0.39 is 0 Å². The second kappa shape index (κ2) is 6.89. The molecule has 3 heterocycles. The highest BCUT2D eigenvalue weighted by molar-refractivity contribution is 6.62. The molecule has 2 aromatic rings. The van der Waals surface area contributed by atoms with Crippen molar-refractivity contribution in [1.29, 1.82) is 0 Å². The van der Waals surface area contributed by atoms with Crippen molar-refractivity contribution in [2.75, 3.05) is 32.8 Å². The Bertz CT molecular complexity index is 811. The van der Waals surface area contributed by atoms with Gasteiger partial charge in [0.05, 0.1) is 42.2 Å². The monoisotopic (exact) mass is 371 g/mol. The standard InChI is InChI=1S/C20H30BN3O3/c1-15-17-7-6-16(21-26-19(2,3)20(4,5)27-21)14-18(17)24(22-15)9-8-23-10-12-25-13-11-23/h6-7,14H,8-13H2,1-5H3. The van der Waals surface area contributed by atoms with Crippen molar-refractivity contribution >= 4 is 23.5 Å². The Kier molecular flexibility index (Phi) is 4.83. The van der Waals surface area contributed by atoms with Crippen LogP contribution in [0.4, 0.5) is 0 Å². The van der Waals surface area contributed by atoms with Crippen LogP contribution in [-0.4, -0.2) is 65.8 Å². The molecule has 27 heavy (non-hydrogen) atoms. The number of ether oxygens (including phenoxy) is 1. The molecular formula is C20H30BN3O3. The van der Waals surface area contributed by atoms with Gasteiger partial charge < -0.3 is 14.0 Å². The number of benzene rings is 1. The van der Waals surface area contributed by atoms with E-state index in [1.54, 1.807) is 0 Å². The number of fused-ring (bicyclic) bond motifs is 1. The maximum atomic E-state index is 6.23. The number of morpholine rings is 1. The van der Waals surface area contributed by atoms with Crippen molar-refractivity contribution in [3.63, 3.8) is 0 Å². The molecule has 2 fully saturated rings. The maximum Gasteiger partial charge on any atom is 0.494 e. The highest BCUT2D eigenvalue weighted by Crippen LogP contribution is 2.36. The van der Waals surface area contributed by atoms with Crippen LogP contribution in [0.3, 0.4) is 0 Å². The highest BCUT2D eigenvalue weighted by Gasteiger charge is 2.51. The fourth-order valence-corrected chi connectivity index (χ4v) is 3.71. The lowest BCUT2D eigenvalue weighted by Crippen LogP contribution is -2.41. The molecule has 1 aromatic heterocycles. The number of nitrogens with zero attached hydrogens (tertiary/aromatic N) is 3. The molecule has 0 saturated carbocycles. The molecule has 0 atom stereocenters. The zero-order valence-corrected chi connectivity index (χ0v) is 17.1. The minimum Gasteiger partial charge on any atom is -0.399 e. The molecule has 0 amide bonds. The number of hydrogen-bond donors (Lipinski definition) is 0. The van der Waals surface area contributed by atoms with Gasteiger partial charge in [-0.25, -0.2) is 0 Å². The zero-order chi connectivity index (χ0) is 19.2. The Labute approximate surface area is 161 Å². The van der Waals surface area contributed by atoms with Crippen LogP contribution in [0.1, 0.15) is 33.4 Å². The fraction of sp³-hybridized carbons (Fsp3) is 0.650. The summed E-state index contributed by atoms with van der Waals surface area (Å²) in [5.74, 6) is 0. The number of rotatable bonds is 4. The molecule has 2 aliphatic heterocycles. The smallest absolute Gasteiger partial charge is 0.399 e. The summed E-state index contributed by atoms with van der Waals surface area (Å²) < 4.78 is 20.0. The summed E-state index contributed by atoms with van der Waals surface area (Å²) in [6.07, 6.45) is 0. The minimum absolute atomic E-state index is 0.334. The van der Waals surface area contributed by atoms with Crippen molar-refractivity contribution in [2.45, 2.75) is 52.4 Å². The summed E-state index contributed by atoms with van der Waals surface area (Å²) in [7, 11) is -0.345. The quantitative estimate of drug-likeness (QED) is 0.770. The van der Waals surface area contributed by atoms with E-state index in [1.807, 2.05) is 0 Å². The molecule has 0 N–H and O–H groups in total. The SMILES string of the molecule is Cc1nn(CCN2CCOCC2)c2cc(B3OC(C)(C)C(C)(C)O3)ccc12. The Morgan fingerprint density at radius 2 is 1.70 bits per heavy atom. The van der Waals surface area contributed by atoms with Crippen molar-refractivity contribution in [2.24, 2.45) is 0 Å². The van der Waals surface area contributed by atoms with E-state index in [9.17, 15) is 0 Å². The van der Waals surface area contributed by atoms with Gasteiger partial charge >= 0.3 is 7.12 Å². The Balaban J connectivity index is 1.58. The molecule has 2 saturated heterocycles. The van der Waals surface area contributed by atoms with Crippen LogP contribution in [-0.2, 0) is 20.6 Å². The molecule has 4 rings (SSSR count). The van der Waals surface area contributed by atoms with E-state index in [1.165, 1.54) is 5.39 Å². The molecule has 0 spiro atoms. The van der Waals surface area contributed by atoms with Gasteiger partial charge in [-0.05, 0) is 46.1 Å². The van der Waals surface area contributed by atoms with E-state index in [0.717, 1.165) is 56.1 Å². The van der Waals surface area contributed by atoms with Gasteiger partial charge in [0.15, 0.2) is 0 Å². The largest absolute Gasteiger partial charge is 0.494 e. The topological polar surface area (TPSA) is 48.8 Å². The van der Waals surface area contributed by atoms with Gasteiger partial charge in [0.25, 0.3) is 0 Å². The summed E-state index contributed by atoms with van der Waals surface area (Å²) in [5.41, 5.74) is 2.59. The Morgan fingerprint density at radius 3 is 2.37 bits per heavy atom. The Hall–Kier alpha value is -1.41.